The fourth-order valence-corrected chi connectivity index (χ4v) is 3.84. The van der Waals surface area contributed by atoms with Crippen molar-refractivity contribution in [3.05, 3.63) is 34.3 Å². The molecule has 0 radical (unpaired) electrons. The number of imidazole rings is 1. The molecule has 0 N–H and O–H groups in total. The number of aromatic nitrogens is 3. The minimum Gasteiger partial charge on any atom is -0.383 e. The van der Waals surface area contributed by atoms with Crippen LogP contribution in [0.15, 0.2) is 17.8 Å². The van der Waals surface area contributed by atoms with Gasteiger partial charge in [-0.1, -0.05) is 0 Å². The summed E-state index contributed by atoms with van der Waals surface area (Å²) in [6, 6.07) is 0. The van der Waals surface area contributed by atoms with Crippen LogP contribution >= 0.6 is 11.3 Å². The van der Waals surface area contributed by atoms with E-state index < -0.39 is 0 Å². The third-order valence-corrected chi connectivity index (χ3v) is 5.24. The van der Waals surface area contributed by atoms with Crippen LogP contribution in [0.3, 0.4) is 0 Å². The van der Waals surface area contributed by atoms with Crippen LogP contribution in [0.4, 0.5) is 0 Å². The highest BCUT2D eigenvalue weighted by atomic mass is 32.1. The zero-order valence-electron chi connectivity index (χ0n) is 14.3. The summed E-state index contributed by atoms with van der Waals surface area (Å²) in [4.78, 5) is 23.5. The number of aryl methyl sites for hydroxylation is 1. The number of hydrogen-bond donors (Lipinski definition) is 0. The van der Waals surface area contributed by atoms with Crippen molar-refractivity contribution >= 4 is 17.2 Å². The Kier molecular flexibility index (Phi) is 5.63. The average Bonchev–Trinajstić information content (AvgIpc) is 3.22. The van der Waals surface area contributed by atoms with Gasteiger partial charge >= 0.3 is 0 Å². The predicted molar refractivity (Wildman–Crippen MR) is 93.2 cm³/mol. The van der Waals surface area contributed by atoms with Crippen molar-refractivity contribution in [2.75, 3.05) is 26.8 Å². The summed E-state index contributed by atoms with van der Waals surface area (Å²) in [6.45, 7) is 5.01. The molecule has 24 heavy (non-hydrogen) atoms. The van der Waals surface area contributed by atoms with Crippen LogP contribution in [-0.2, 0) is 22.5 Å². The van der Waals surface area contributed by atoms with Gasteiger partial charge in [0.1, 0.15) is 5.82 Å². The molecule has 1 atom stereocenters. The number of carbonyl (C=O) groups excluding carboxylic acids is 1. The van der Waals surface area contributed by atoms with E-state index >= 15 is 0 Å². The number of thiazole rings is 1. The highest BCUT2D eigenvalue weighted by Gasteiger charge is 2.27. The third kappa shape index (κ3) is 4.02. The van der Waals surface area contributed by atoms with Gasteiger partial charge in [-0.05, 0) is 19.8 Å². The van der Waals surface area contributed by atoms with Crippen molar-refractivity contribution < 1.29 is 9.53 Å². The van der Waals surface area contributed by atoms with Crippen LogP contribution in [0.2, 0.25) is 0 Å². The molecular weight excluding hydrogens is 324 g/mol. The monoisotopic (exact) mass is 348 g/mol. The van der Waals surface area contributed by atoms with Gasteiger partial charge < -0.3 is 14.2 Å². The first-order valence-corrected chi connectivity index (χ1v) is 9.24. The highest BCUT2D eigenvalue weighted by Crippen LogP contribution is 2.26. The van der Waals surface area contributed by atoms with Gasteiger partial charge in [0.25, 0.3) is 0 Å². The average molecular weight is 348 g/mol. The molecule has 1 amide bonds. The first-order chi connectivity index (χ1) is 11.7. The second-order valence-electron chi connectivity index (χ2n) is 6.19. The van der Waals surface area contributed by atoms with Crippen LogP contribution in [0.5, 0.6) is 0 Å². The normalized spacial score (nSPS) is 18.1. The van der Waals surface area contributed by atoms with Crippen molar-refractivity contribution in [1.82, 2.24) is 19.4 Å². The van der Waals surface area contributed by atoms with E-state index in [2.05, 4.69) is 14.5 Å². The number of methoxy groups -OCH3 is 1. The minimum atomic E-state index is 0.167. The number of ether oxygens (including phenoxy) is 1. The molecule has 2 aromatic rings. The lowest BCUT2D eigenvalue weighted by atomic mass is 9.96. The lowest BCUT2D eigenvalue weighted by Crippen LogP contribution is -2.40. The zero-order chi connectivity index (χ0) is 16.9. The highest BCUT2D eigenvalue weighted by molar-refractivity contribution is 7.09. The van der Waals surface area contributed by atoms with Crippen LogP contribution < -0.4 is 0 Å². The van der Waals surface area contributed by atoms with E-state index in [0.717, 1.165) is 49.0 Å². The summed E-state index contributed by atoms with van der Waals surface area (Å²) in [5.74, 6) is 1.53. The SMILES string of the molecule is COCCn1ccnc1[C@H]1CCCN(C(=O)Cc2csc(C)n2)C1. The predicted octanol–water partition coefficient (Wildman–Crippen LogP) is 2.24. The van der Waals surface area contributed by atoms with E-state index in [1.165, 1.54) is 0 Å². The molecule has 130 valence electrons. The Bertz CT molecular complexity index is 682. The summed E-state index contributed by atoms with van der Waals surface area (Å²) >= 11 is 1.59. The molecular formula is C17H24N4O2S. The number of nitrogens with zero attached hydrogens (tertiary/aromatic N) is 4. The Hall–Kier alpha value is -1.73. The quantitative estimate of drug-likeness (QED) is 0.803. The van der Waals surface area contributed by atoms with Crippen molar-refractivity contribution in [1.29, 1.82) is 0 Å². The number of amides is 1. The van der Waals surface area contributed by atoms with E-state index in [-0.39, 0.29) is 5.91 Å². The fraction of sp³-hybridized carbons (Fsp3) is 0.588. The van der Waals surface area contributed by atoms with Crippen molar-refractivity contribution in [2.45, 2.75) is 38.6 Å². The third-order valence-electron chi connectivity index (χ3n) is 4.42. The van der Waals surface area contributed by atoms with Crippen molar-refractivity contribution in [3.8, 4) is 0 Å². The summed E-state index contributed by atoms with van der Waals surface area (Å²) < 4.78 is 7.31. The van der Waals surface area contributed by atoms with Gasteiger partial charge in [0.15, 0.2) is 0 Å². The number of rotatable bonds is 6. The Labute approximate surface area is 146 Å². The Morgan fingerprint density at radius 2 is 2.38 bits per heavy atom. The van der Waals surface area contributed by atoms with E-state index in [1.54, 1.807) is 18.4 Å². The number of hydrogen-bond acceptors (Lipinski definition) is 5. The largest absolute Gasteiger partial charge is 0.383 e. The molecule has 0 bridgehead atoms. The lowest BCUT2D eigenvalue weighted by molar-refractivity contribution is -0.131. The van der Waals surface area contributed by atoms with Crippen LogP contribution in [-0.4, -0.2) is 52.1 Å². The lowest BCUT2D eigenvalue weighted by Gasteiger charge is -2.32. The molecule has 2 aromatic heterocycles. The Morgan fingerprint density at radius 1 is 1.50 bits per heavy atom. The van der Waals surface area contributed by atoms with Gasteiger partial charge in [0, 0.05) is 50.4 Å². The van der Waals surface area contributed by atoms with Gasteiger partial charge in [-0.2, -0.15) is 0 Å². The van der Waals surface area contributed by atoms with Gasteiger partial charge in [0.05, 0.1) is 23.7 Å². The Morgan fingerprint density at radius 3 is 3.12 bits per heavy atom. The molecule has 0 saturated carbocycles. The zero-order valence-corrected chi connectivity index (χ0v) is 15.1. The standard InChI is InChI=1S/C17H24N4O2S/c1-13-19-15(12-24-13)10-16(22)21-6-3-4-14(11-21)17-18-5-7-20(17)8-9-23-2/h5,7,12,14H,3-4,6,8-11H2,1-2H3/t14-/m0/s1. The molecule has 1 aliphatic heterocycles. The minimum absolute atomic E-state index is 0.167. The molecule has 1 fully saturated rings. The van der Waals surface area contributed by atoms with E-state index in [1.807, 2.05) is 29.6 Å². The molecule has 3 rings (SSSR count). The number of likely N-dealkylation sites (tertiary alicyclic amines) is 1. The van der Waals surface area contributed by atoms with Gasteiger partial charge in [-0.25, -0.2) is 9.97 Å². The van der Waals surface area contributed by atoms with Gasteiger partial charge in [0.2, 0.25) is 5.91 Å². The molecule has 0 aromatic carbocycles. The summed E-state index contributed by atoms with van der Waals surface area (Å²) in [5, 5.41) is 2.99. The van der Waals surface area contributed by atoms with Crippen LogP contribution in [0, 0.1) is 6.92 Å². The van der Waals surface area contributed by atoms with E-state index in [4.69, 9.17) is 4.74 Å². The molecule has 0 aliphatic carbocycles. The van der Waals surface area contributed by atoms with Crippen molar-refractivity contribution in [2.24, 2.45) is 0 Å². The van der Waals surface area contributed by atoms with Crippen molar-refractivity contribution in [3.63, 3.8) is 0 Å². The maximum Gasteiger partial charge on any atom is 0.228 e. The summed E-state index contributed by atoms with van der Waals surface area (Å²) in [6.07, 6.45) is 6.32. The van der Waals surface area contributed by atoms with E-state index in [9.17, 15) is 4.79 Å². The molecule has 0 spiro atoms. The molecule has 6 nitrogen and oxygen atoms in total. The fourth-order valence-electron chi connectivity index (χ4n) is 3.23. The smallest absolute Gasteiger partial charge is 0.228 e. The van der Waals surface area contributed by atoms with Gasteiger partial charge in [-0.3, -0.25) is 4.79 Å². The van der Waals surface area contributed by atoms with Crippen LogP contribution in [0.25, 0.3) is 0 Å². The summed E-state index contributed by atoms with van der Waals surface area (Å²) in [5.41, 5.74) is 0.881. The molecule has 1 aliphatic rings. The molecule has 3 heterocycles. The number of piperidine rings is 1. The second-order valence-corrected chi connectivity index (χ2v) is 7.25. The van der Waals surface area contributed by atoms with Gasteiger partial charge in [-0.15, -0.1) is 11.3 Å². The Balaban J connectivity index is 1.63. The maximum absolute atomic E-state index is 12.6. The molecule has 0 unspecified atom stereocenters. The molecule has 1 saturated heterocycles. The van der Waals surface area contributed by atoms with Crippen LogP contribution in [0.1, 0.15) is 35.3 Å². The first-order valence-electron chi connectivity index (χ1n) is 8.36. The summed E-state index contributed by atoms with van der Waals surface area (Å²) in [7, 11) is 1.71. The topological polar surface area (TPSA) is 60.2 Å². The number of carbonyl (C=O) groups is 1. The second kappa shape index (κ2) is 7.90. The maximum atomic E-state index is 12.6. The molecule has 7 heteroatoms. The first kappa shape index (κ1) is 17.1. The van der Waals surface area contributed by atoms with E-state index in [0.29, 0.717) is 18.9 Å².